The Morgan fingerprint density at radius 3 is 2.46 bits per heavy atom. The zero-order chi connectivity index (χ0) is 17.9. The molecule has 2 rings (SSSR count). The van der Waals surface area contributed by atoms with Gasteiger partial charge in [0.2, 0.25) is 0 Å². The van der Waals surface area contributed by atoms with Crippen molar-refractivity contribution >= 4 is 22.1 Å². The molecule has 2 unspecified atom stereocenters. The summed E-state index contributed by atoms with van der Waals surface area (Å²) in [5.41, 5.74) is 5.54. The highest BCUT2D eigenvalue weighted by Crippen LogP contribution is 2.26. The molecule has 0 radical (unpaired) electrons. The smallest absolute Gasteiger partial charge is 0.332 e. The van der Waals surface area contributed by atoms with Gasteiger partial charge in [-0.15, -0.1) is 0 Å². The average molecular weight is 359 g/mol. The van der Waals surface area contributed by atoms with E-state index in [2.05, 4.69) is 0 Å². The number of carbonyl (C=O) groups is 2. The molecule has 0 aromatic heterocycles. The van der Waals surface area contributed by atoms with E-state index in [1.165, 1.54) is 12.1 Å². The maximum Gasteiger partial charge on any atom is 0.332 e. The first-order valence-corrected chi connectivity index (χ1v) is 8.41. The number of hydrazine groups is 1. The van der Waals surface area contributed by atoms with Crippen LogP contribution in [-0.4, -0.2) is 65.2 Å². The van der Waals surface area contributed by atoms with E-state index < -0.39 is 40.1 Å². The minimum absolute atomic E-state index is 0.0386. The van der Waals surface area contributed by atoms with Crippen molar-refractivity contribution in [1.29, 1.82) is 0 Å². The van der Waals surface area contributed by atoms with Gasteiger partial charge >= 0.3 is 12.0 Å². The van der Waals surface area contributed by atoms with Crippen molar-refractivity contribution in [3.05, 3.63) is 35.9 Å². The minimum atomic E-state index is -4.64. The predicted molar refractivity (Wildman–Crippen MR) is 81.1 cm³/mol. The first kappa shape index (κ1) is 18.1. The Balaban J connectivity index is 2.50. The zero-order valence-electron chi connectivity index (χ0n) is 12.5. The molecular formula is C13H17N3O7S. The summed E-state index contributed by atoms with van der Waals surface area (Å²) in [4.78, 5) is 23.6. The van der Waals surface area contributed by atoms with E-state index in [0.29, 0.717) is 5.01 Å². The van der Waals surface area contributed by atoms with Gasteiger partial charge in [-0.25, -0.2) is 14.6 Å². The number of benzene rings is 1. The second-order valence-electron chi connectivity index (χ2n) is 5.04. The summed E-state index contributed by atoms with van der Waals surface area (Å²) in [7, 11) is -4.64. The number of aliphatic carboxylic acids is 1. The molecule has 0 spiro atoms. The quantitative estimate of drug-likeness (QED) is 0.604. The van der Waals surface area contributed by atoms with Crippen molar-refractivity contribution in [2.75, 3.05) is 19.8 Å². The molecule has 0 aliphatic carbocycles. The van der Waals surface area contributed by atoms with Gasteiger partial charge in [-0.2, -0.15) is 13.4 Å². The van der Waals surface area contributed by atoms with Crippen LogP contribution in [0.4, 0.5) is 4.79 Å². The summed E-state index contributed by atoms with van der Waals surface area (Å²) in [5.74, 6) is -1.40. The molecule has 1 aliphatic rings. The van der Waals surface area contributed by atoms with E-state index in [1.54, 1.807) is 18.2 Å². The van der Waals surface area contributed by atoms with Gasteiger partial charge in [-0.1, -0.05) is 30.3 Å². The lowest BCUT2D eigenvalue weighted by molar-refractivity contribution is -0.155. The molecule has 1 aromatic carbocycles. The molecule has 0 saturated carbocycles. The number of amides is 2. The van der Waals surface area contributed by atoms with Crippen LogP contribution in [0.25, 0.3) is 0 Å². The van der Waals surface area contributed by atoms with Gasteiger partial charge in [0.25, 0.3) is 10.1 Å². The van der Waals surface area contributed by atoms with E-state index in [-0.39, 0.29) is 18.7 Å². The van der Waals surface area contributed by atoms with Crippen LogP contribution in [0.5, 0.6) is 0 Å². The highest BCUT2D eigenvalue weighted by molar-refractivity contribution is 7.86. The van der Waals surface area contributed by atoms with Gasteiger partial charge in [-0.05, 0) is 5.56 Å². The van der Waals surface area contributed by atoms with E-state index in [1.807, 2.05) is 0 Å². The first-order chi connectivity index (χ1) is 11.2. The molecule has 0 bridgehead atoms. The van der Waals surface area contributed by atoms with Crippen molar-refractivity contribution in [2.45, 2.75) is 11.4 Å². The predicted octanol–water partition coefficient (Wildman–Crippen LogP) is -0.346. The van der Waals surface area contributed by atoms with E-state index in [4.69, 9.17) is 10.5 Å². The van der Waals surface area contributed by atoms with Crippen molar-refractivity contribution in [3.63, 3.8) is 0 Å². The first-order valence-electron chi connectivity index (χ1n) is 6.90. The maximum absolute atomic E-state index is 11.9. The summed E-state index contributed by atoms with van der Waals surface area (Å²) in [6, 6.07) is 5.03. The van der Waals surface area contributed by atoms with Gasteiger partial charge in [0.15, 0.2) is 11.4 Å². The lowest BCUT2D eigenvalue weighted by Gasteiger charge is -2.42. The number of urea groups is 1. The molecule has 1 aliphatic heterocycles. The topological polar surface area (TPSA) is 150 Å². The van der Waals surface area contributed by atoms with Crippen LogP contribution in [0.1, 0.15) is 11.6 Å². The molecule has 2 amide bonds. The number of carboxylic acid groups (broad SMARTS) is 1. The molecule has 2 atom stereocenters. The number of carboxylic acids is 1. The Hall–Kier alpha value is -2.21. The lowest BCUT2D eigenvalue weighted by atomic mass is 10.1. The average Bonchev–Trinajstić information content (AvgIpc) is 2.51. The fraction of sp³-hybridized carbons (Fsp3) is 0.385. The molecule has 10 nitrogen and oxygen atoms in total. The van der Waals surface area contributed by atoms with Crippen molar-refractivity contribution in [1.82, 2.24) is 10.0 Å². The van der Waals surface area contributed by atoms with Crippen LogP contribution in [0.3, 0.4) is 0 Å². The number of primary amides is 1. The van der Waals surface area contributed by atoms with Crippen LogP contribution in [0, 0.1) is 0 Å². The van der Waals surface area contributed by atoms with Gasteiger partial charge in [0.1, 0.15) is 0 Å². The third-order valence-electron chi connectivity index (χ3n) is 3.50. The van der Waals surface area contributed by atoms with Crippen LogP contribution in [-0.2, 0) is 19.6 Å². The summed E-state index contributed by atoms with van der Waals surface area (Å²) in [6.45, 7) is -0.523. The van der Waals surface area contributed by atoms with E-state index >= 15 is 0 Å². The van der Waals surface area contributed by atoms with Gasteiger partial charge in [0.05, 0.1) is 13.2 Å². The fourth-order valence-electron chi connectivity index (χ4n) is 2.48. The van der Waals surface area contributed by atoms with Crippen LogP contribution in [0.15, 0.2) is 30.3 Å². The minimum Gasteiger partial charge on any atom is -0.479 e. The zero-order valence-corrected chi connectivity index (χ0v) is 13.3. The molecule has 132 valence electrons. The number of morpholine rings is 1. The molecule has 1 heterocycles. The van der Waals surface area contributed by atoms with Crippen molar-refractivity contribution in [3.8, 4) is 0 Å². The molecule has 24 heavy (non-hydrogen) atoms. The van der Waals surface area contributed by atoms with Gasteiger partial charge < -0.3 is 15.6 Å². The van der Waals surface area contributed by atoms with Crippen molar-refractivity contribution in [2.24, 2.45) is 5.73 Å². The number of ether oxygens (including phenoxy) is 1. The molecule has 1 saturated heterocycles. The SMILES string of the molecule is NC(=O)N(C(C(=O)O)c1ccccc1)N1CCOCC1S(=O)(=O)O. The molecule has 1 fully saturated rings. The Kier molecular flexibility index (Phi) is 5.39. The Labute approximate surface area is 138 Å². The molecule has 1 aromatic rings. The monoisotopic (exact) mass is 359 g/mol. The summed E-state index contributed by atoms with van der Waals surface area (Å²) >= 11 is 0. The Morgan fingerprint density at radius 1 is 1.33 bits per heavy atom. The largest absolute Gasteiger partial charge is 0.479 e. The number of nitrogens with two attached hydrogens (primary N) is 1. The van der Waals surface area contributed by atoms with Crippen LogP contribution >= 0.6 is 0 Å². The Morgan fingerprint density at radius 2 is 1.96 bits per heavy atom. The van der Waals surface area contributed by atoms with Gasteiger partial charge in [0, 0.05) is 6.54 Å². The second kappa shape index (κ2) is 7.13. The highest BCUT2D eigenvalue weighted by Gasteiger charge is 2.43. The third-order valence-corrected chi connectivity index (χ3v) is 4.56. The number of carbonyl (C=O) groups excluding carboxylic acids is 1. The maximum atomic E-state index is 11.9. The summed E-state index contributed by atoms with van der Waals surface area (Å²) in [6.07, 6.45) is 0. The van der Waals surface area contributed by atoms with E-state index in [9.17, 15) is 27.7 Å². The summed E-state index contributed by atoms with van der Waals surface area (Å²) < 4.78 is 37.5. The standard InChI is InChI=1S/C13H17N3O7S/c14-13(19)16(11(12(17)18)9-4-2-1-3-5-9)15-6-7-23-8-10(15)24(20,21)22/h1-5,10-11H,6-8H2,(H2,14,19)(H,17,18)(H,20,21,22). The van der Waals surface area contributed by atoms with Gasteiger partial charge in [-0.3, -0.25) is 4.55 Å². The van der Waals surface area contributed by atoms with Crippen LogP contribution < -0.4 is 5.73 Å². The van der Waals surface area contributed by atoms with Crippen LogP contribution in [0.2, 0.25) is 0 Å². The third kappa shape index (κ3) is 3.82. The number of nitrogens with zero attached hydrogens (tertiary/aromatic N) is 2. The second-order valence-corrected chi connectivity index (χ2v) is 6.62. The normalized spacial score (nSPS) is 20.3. The summed E-state index contributed by atoms with van der Waals surface area (Å²) in [5, 5.41) is 9.44. The van der Waals surface area contributed by atoms with Crippen molar-refractivity contribution < 1.29 is 32.4 Å². The van der Waals surface area contributed by atoms with E-state index in [0.717, 1.165) is 5.01 Å². The fourth-order valence-corrected chi connectivity index (χ4v) is 3.27. The Bertz CT molecular complexity index is 710. The lowest BCUT2D eigenvalue weighted by Crippen LogP contribution is -2.62. The number of rotatable bonds is 5. The highest BCUT2D eigenvalue weighted by atomic mass is 32.2. The molecule has 11 heteroatoms. The number of hydrogen-bond acceptors (Lipinski definition) is 6. The molecular weight excluding hydrogens is 342 g/mol. The molecule has 4 N–H and O–H groups in total. The number of hydrogen-bond donors (Lipinski definition) is 3.